The molecular formula is C20H23F3N4O2. The maximum atomic E-state index is 13.4. The zero-order valence-corrected chi connectivity index (χ0v) is 16.6. The minimum Gasteiger partial charge on any atom is -0.345 e. The number of nitrogens with zero attached hydrogens (tertiary/aromatic N) is 2. The number of aromatic nitrogens is 1. The molecule has 2 amide bonds. The molecule has 0 aliphatic heterocycles. The van der Waals surface area contributed by atoms with Gasteiger partial charge in [-0.25, -0.2) is 5.43 Å². The Labute approximate surface area is 166 Å². The number of alkyl halides is 3. The summed E-state index contributed by atoms with van der Waals surface area (Å²) >= 11 is 0. The predicted molar refractivity (Wildman–Crippen MR) is 104 cm³/mol. The standard InChI is InChI=1S/C20H23F3N4O2/c1-5-12(2)25-18(28)19(29)26-24-11-15-10-13(3)27(14(15)4)17-9-7-6-8-16(17)20(21,22)23/h6-12H,5H2,1-4H3,(H,25,28)(H,26,29)/b24-11-/t12-/m0/s1. The molecule has 2 rings (SSSR count). The molecule has 6 nitrogen and oxygen atoms in total. The van der Waals surface area contributed by atoms with E-state index in [0.29, 0.717) is 23.4 Å². The van der Waals surface area contributed by atoms with E-state index in [1.807, 2.05) is 6.92 Å². The largest absolute Gasteiger partial charge is 0.418 e. The summed E-state index contributed by atoms with van der Waals surface area (Å²) < 4.78 is 41.6. The SMILES string of the molecule is CC[C@H](C)NC(=O)C(=O)N/N=C\c1cc(C)n(-c2ccccc2C(F)(F)F)c1C. The van der Waals surface area contributed by atoms with Crippen LogP contribution in [0.1, 0.15) is 42.8 Å². The lowest BCUT2D eigenvalue weighted by atomic mass is 10.1. The number of nitrogens with one attached hydrogen (secondary N) is 2. The van der Waals surface area contributed by atoms with E-state index < -0.39 is 23.6 Å². The second-order valence-corrected chi connectivity index (χ2v) is 6.66. The van der Waals surface area contributed by atoms with Gasteiger partial charge in [0.2, 0.25) is 0 Å². The first-order valence-electron chi connectivity index (χ1n) is 9.05. The molecule has 2 aromatic rings. The molecule has 0 saturated carbocycles. The Morgan fingerprint density at radius 2 is 1.86 bits per heavy atom. The van der Waals surface area contributed by atoms with Crippen LogP contribution in [0.4, 0.5) is 13.2 Å². The van der Waals surface area contributed by atoms with Crippen molar-refractivity contribution in [3.05, 3.63) is 52.8 Å². The first kappa shape index (κ1) is 22.2. The molecule has 1 heterocycles. The van der Waals surface area contributed by atoms with Gasteiger partial charge >= 0.3 is 18.0 Å². The van der Waals surface area contributed by atoms with Gasteiger partial charge in [-0.15, -0.1) is 0 Å². The molecule has 0 saturated heterocycles. The Bertz CT molecular complexity index is 932. The van der Waals surface area contributed by atoms with Gasteiger partial charge in [0, 0.05) is 23.0 Å². The van der Waals surface area contributed by atoms with Crippen LogP contribution < -0.4 is 10.7 Å². The Balaban J connectivity index is 2.24. The summed E-state index contributed by atoms with van der Waals surface area (Å²) in [4.78, 5) is 23.4. The van der Waals surface area contributed by atoms with Gasteiger partial charge < -0.3 is 9.88 Å². The molecule has 0 bridgehead atoms. The number of aryl methyl sites for hydroxylation is 1. The number of hydrogen-bond acceptors (Lipinski definition) is 3. The molecule has 0 fully saturated rings. The lowest BCUT2D eigenvalue weighted by Crippen LogP contribution is -2.41. The molecule has 0 radical (unpaired) electrons. The Morgan fingerprint density at radius 3 is 2.48 bits per heavy atom. The normalized spacial score (nSPS) is 12.8. The minimum absolute atomic E-state index is 0.00613. The molecule has 0 aliphatic carbocycles. The Kier molecular flexibility index (Phi) is 6.84. The minimum atomic E-state index is -4.50. The molecule has 9 heteroatoms. The summed E-state index contributed by atoms with van der Waals surface area (Å²) in [6.07, 6.45) is -2.53. The van der Waals surface area contributed by atoms with E-state index in [1.54, 1.807) is 26.8 Å². The summed E-state index contributed by atoms with van der Waals surface area (Å²) in [6.45, 7) is 6.96. The van der Waals surface area contributed by atoms with E-state index in [4.69, 9.17) is 0 Å². The third kappa shape index (κ3) is 5.24. The number of amides is 2. The molecule has 0 spiro atoms. The third-order valence-electron chi connectivity index (χ3n) is 4.49. The van der Waals surface area contributed by atoms with Crippen molar-refractivity contribution in [2.24, 2.45) is 5.10 Å². The van der Waals surface area contributed by atoms with Crippen LogP contribution in [0.5, 0.6) is 0 Å². The average molecular weight is 408 g/mol. The molecule has 0 unspecified atom stereocenters. The third-order valence-corrected chi connectivity index (χ3v) is 4.49. The van der Waals surface area contributed by atoms with Crippen LogP contribution in [0, 0.1) is 13.8 Å². The number of para-hydroxylation sites is 1. The van der Waals surface area contributed by atoms with E-state index in [-0.39, 0.29) is 11.7 Å². The molecule has 1 atom stereocenters. The smallest absolute Gasteiger partial charge is 0.345 e. The summed E-state index contributed by atoms with van der Waals surface area (Å²) in [7, 11) is 0. The van der Waals surface area contributed by atoms with Crippen molar-refractivity contribution < 1.29 is 22.8 Å². The average Bonchev–Trinajstić information content (AvgIpc) is 2.94. The molecule has 2 N–H and O–H groups in total. The highest BCUT2D eigenvalue weighted by Crippen LogP contribution is 2.35. The van der Waals surface area contributed by atoms with Crippen molar-refractivity contribution in [3.8, 4) is 5.69 Å². The van der Waals surface area contributed by atoms with Crippen molar-refractivity contribution in [2.45, 2.75) is 46.3 Å². The van der Waals surface area contributed by atoms with Crippen molar-refractivity contribution in [1.82, 2.24) is 15.3 Å². The number of rotatable bonds is 5. The Morgan fingerprint density at radius 1 is 1.21 bits per heavy atom. The van der Waals surface area contributed by atoms with Crippen LogP contribution in [0.15, 0.2) is 35.4 Å². The van der Waals surface area contributed by atoms with Crippen LogP contribution in [0.3, 0.4) is 0 Å². The van der Waals surface area contributed by atoms with Gasteiger partial charge in [-0.1, -0.05) is 19.1 Å². The van der Waals surface area contributed by atoms with E-state index >= 15 is 0 Å². The monoisotopic (exact) mass is 408 g/mol. The lowest BCUT2D eigenvalue weighted by Gasteiger charge is -2.16. The van der Waals surface area contributed by atoms with E-state index in [0.717, 1.165) is 6.07 Å². The quantitative estimate of drug-likeness (QED) is 0.452. The zero-order chi connectivity index (χ0) is 21.8. The summed E-state index contributed by atoms with van der Waals surface area (Å²) in [6, 6.07) is 6.79. The maximum Gasteiger partial charge on any atom is 0.418 e. The maximum absolute atomic E-state index is 13.4. The van der Waals surface area contributed by atoms with Gasteiger partial charge in [0.05, 0.1) is 17.5 Å². The first-order valence-corrected chi connectivity index (χ1v) is 9.05. The number of halogens is 3. The molecule has 156 valence electrons. The van der Waals surface area contributed by atoms with Gasteiger partial charge in [0.1, 0.15) is 0 Å². The van der Waals surface area contributed by atoms with Gasteiger partial charge in [-0.3, -0.25) is 9.59 Å². The highest BCUT2D eigenvalue weighted by atomic mass is 19.4. The van der Waals surface area contributed by atoms with Crippen molar-refractivity contribution in [3.63, 3.8) is 0 Å². The van der Waals surface area contributed by atoms with Gasteiger partial charge in [-0.05, 0) is 45.4 Å². The first-order chi connectivity index (χ1) is 13.6. The van der Waals surface area contributed by atoms with E-state index in [1.165, 1.54) is 29.0 Å². The van der Waals surface area contributed by atoms with Crippen LogP contribution in [0.2, 0.25) is 0 Å². The number of hydrazone groups is 1. The topological polar surface area (TPSA) is 75.5 Å². The van der Waals surface area contributed by atoms with Crippen molar-refractivity contribution in [2.75, 3.05) is 0 Å². The van der Waals surface area contributed by atoms with Gasteiger partial charge in [-0.2, -0.15) is 18.3 Å². The number of benzene rings is 1. The fourth-order valence-electron chi connectivity index (χ4n) is 2.80. The highest BCUT2D eigenvalue weighted by Gasteiger charge is 2.34. The fraction of sp³-hybridized carbons (Fsp3) is 0.350. The highest BCUT2D eigenvalue weighted by molar-refractivity contribution is 6.35. The second-order valence-electron chi connectivity index (χ2n) is 6.66. The molecule has 1 aromatic heterocycles. The van der Waals surface area contributed by atoms with E-state index in [9.17, 15) is 22.8 Å². The molecular weight excluding hydrogens is 385 g/mol. The van der Waals surface area contributed by atoms with Gasteiger partial charge in [0.15, 0.2) is 0 Å². The number of hydrogen-bond donors (Lipinski definition) is 2. The van der Waals surface area contributed by atoms with Crippen LogP contribution in [-0.4, -0.2) is 28.6 Å². The Hall–Kier alpha value is -3.10. The van der Waals surface area contributed by atoms with Crippen LogP contribution >= 0.6 is 0 Å². The van der Waals surface area contributed by atoms with Gasteiger partial charge in [0.25, 0.3) is 0 Å². The van der Waals surface area contributed by atoms with Crippen molar-refractivity contribution >= 4 is 18.0 Å². The predicted octanol–water partition coefficient (Wildman–Crippen LogP) is 3.48. The second kappa shape index (κ2) is 8.93. The van der Waals surface area contributed by atoms with E-state index in [2.05, 4.69) is 15.8 Å². The molecule has 1 aromatic carbocycles. The summed E-state index contributed by atoms with van der Waals surface area (Å²) in [5, 5.41) is 6.26. The van der Waals surface area contributed by atoms with Crippen molar-refractivity contribution in [1.29, 1.82) is 0 Å². The van der Waals surface area contributed by atoms with Crippen LogP contribution in [-0.2, 0) is 15.8 Å². The lowest BCUT2D eigenvalue weighted by molar-refractivity contribution is -0.139. The number of carbonyl (C=O) groups is 2. The van der Waals surface area contributed by atoms with Crippen LogP contribution in [0.25, 0.3) is 5.69 Å². The number of carbonyl (C=O) groups excluding carboxylic acids is 2. The summed E-state index contributed by atoms with van der Waals surface area (Å²) in [5.41, 5.74) is 2.98. The molecule has 0 aliphatic rings. The molecule has 29 heavy (non-hydrogen) atoms. The fourth-order valence-corrected chi connectivity index (χ4v) is 2.80. The summed E-state index contributed by atoms with van der Waals surface area (Å²) in [5.74, 6) is -1.72. The zero-order valence-electron chi connectivity index (χ0n) is 16.6.